The second-order valence-corrected chi connectivity index (χ2v) is 53.4. The molecule has 26 rings (SSSR count). The van der Waals surface area contributed by atoms with E-state index >= 15 is 0 Å². The molecule has 0 radical (unpaired) electrons. The molecule has 706 valence electrons. The van der Waals surface area contributed by atoms with E-state index in [1.807, 2.05) is 0 Å². The number of fused-ring (bicyclic) bond motifs is 41. The summed E-state index contributed by atoms with van der Waals surface area (Å²) in [5.74, 6) is 49.3. The number of carbonyl (C=O) groups excluding carboxylic acids is 3. The summed E-state index contributed by atoms with van der Waals surface area (Å²) >= 11 is 6.17. The lowest BCUT2D eigenvalue weighted by Crippen LogP contribution is -2.41. The third-order valence-corrected chi connectivity index (χ3v) is 50.3. The van der Waals surface area contributed by atoms with Crippen molar-refractivity contribution in [1.29, 1.82) is 15.8 Å². The first-order chi connectivity index (χ1) is 59.8. The number of hydrogen-bond donors (Lipinski definition) is 2. The Bertz CT molecular complexity index is 3890. The third kappa shape index (κ3) is 16.3. The van der Waals surface area contributed by atoms with Crippen LogP contribution in [-0.4, -0.2) is 47.1 Å². The monoisotopic (exact) mass is 1750 g/mol. The molecule has 26 bridgehead atoms. The summed E-state index contributed by atoms with van der Waals surface area (Å²) in [6.07, 6.45) is 34.8. The van der Waals surface area contributed by atoms with Crippen LogP contribution in [0.4, 0.5) is 0 Å². The number of nitrogens with two attached hydrogens (primary N) is 1. The van der Waals surface area contributed by atoms with E-state index in [1.54, 1.807) is 39.0 Å². The molecule has 26 saturated carbocycles. The minimum atomic E-state index is -0.114. The topological polar surface area (TPSA) is 187 Å². The van der Waals surface area contributed by atoms with Gasteiger partial charge in [0.2, 0.25) is 5.91 Å². The summed E-state index contributed by atoms with van der Waals surface area (Å²) in [5, 5.41) is 36.8. The predicted molar refractivity (Wildman–Crippen MR) is 506 cm³/mol. The molecule has 3 N–H and O–H groups in total. The molecule has 60 atom stereocenters. The van der Waals surface area contributed by atoms with Crippen LogP contribution in [0.5, 0.6) is 0 Å². The van der Waals surface area contributed by atoms with Gasteiger partial charge in [-0.1, -0.05) is 138 Å². The van der Waals surface area contributed by atoms with Crippen molar-refractivity contribution < 1.29 is 29.0 Å². The molecular weight excluding hydrogens is 1570 g/mol. The van der Waals surface area contributed by atoms with E-state index in [4.69, 9.17) is 42.4 Å². The van der Waals surface area contributed by atoms with Crippen LogP contribution in [0.25, 0.3) is 0 Å². The first-order valence-electron chi connectivity index (χ1n) is 54.9. The van der Waals surface area contributed by atoms with E-state index < -0.39 is 0 Å². The number of nitrogens with zero attached hydrogens (tertiary/aromatic N) is 3. The van der Waals surface area contributed by atoms with Crippen molar-refractivity contribution >= 4 is 29.4 Å². The van der Waals surface area contributed by atoms with E-state index in [2.05, 4.69) is 164 Å². The molecule has 0 spiro atoms. The molecule has 0 aromatic heterocycles. The Morgan fingerprint density at radius 1 is 0.325 bits per heavy atom. The lowest BCUT2D eigenvalue weighted by atomic mass is 9.62. The molecule has 26 aliphatic carbocycles. The van der Waals surface area contributed by atoms with Crippen molar-refractivity contribution in [3.8, 4) is 18.2 Å². The molecule has 26 fully saturated rings. The molecule has 11 heteroatoms. The number of ether oxygens (including phenoxy) is 2. The molecule has 10 nitrogen and oxygen atoms in total. The Kier molecular flexibility index (Phi) is 27.8. The number of primary amides is 1. The Balaban J connectivity index is 0.0000000994. The van der Waals surface area contributed by atoms with Gasteiger partial charge >= 0.3 is 11.9 Å². The highest BCUT2D eigenvalue weighted by atomic mass is 35.5. The van der Waals surface area contributed by atoms with Gasteiger partial charge in [0.05, 0.1) is 23.6 Å². The third-order valence-electron chi connectivity index (χ3n) is 49.8. The van der Waals surface area contributed by atoms with Crippen LogP contribution in [0.3, 0.4) is 0 Å². The van der Waals surface area contributed by atoms with Crippen molar-refractivity contribution in [1.82, 2.24) is 0 Å². The number of halogens is 1. The van der Waals surface area contributed by atoms with E-state index in [9.17, 15) is 19.6 Å². The van der Waals surface area contributed by atoms with E-state index in [0.29, 0.717) is 59.3 Å². The number of aliphatic hydroxyl groups is 1. The second-order valence-electron chi connectivity index (χ2n) is 52.8. The minimum Gasteiger partial charge on any atom is -0.462 e. The summed E-state index contributed by atoms with van der Waals surface area (Å²) < 4.78 is 10.9. The van der Waals surface area contributed by atoms with Crippen molar-refractivity contribution in [3.63, 3.8) is 0 Å². The average Bonchev–Trinajstić information content (AvgIpc) is 1.54. The van der Waals surface area contributed by atoms with Gasteiger partial charge in [-0.05, 0) is 481 Å². The predicted octanol–water partition coefficient (Wildman–Crippen LogP) is 26.4. The smallest absolute Gasteiger partial charge is 0.302 e. The Hall–Kier alpha value is -2.87. The van der Waals surface area contributed by atoms with Crippen LogP contribution in [0.15, 0.2) is 0 Å². The fourth-order valence-corrected chi connectivity index (χ4v) is 41.7. The standard InChI is InChI=1S/C16H24O2.C15H21N.C14H22.C11H17N.C11H18O2.C10H17NO.C10H15N.C10H18O.C9H15Cl.C9H16/c1-7-8(2)12-6-11(7)15-10-4-13(16(12)15)14(5-10)18-9(3)17;1-7-8(2)12-5-11(7)14-9-3-10(6-16)13(4-9)15(12)14;1-7-8(2)12-6-11(7)13-9-3-4-10(5-9)14(12)13;1-7-8(2)10-4-9(7)5-11(10,3)6-12;1-6-7(2)10-4-9(6)5-11(10)13-8(3)12;1-5-6(2)8-3-7(5)4-9(8)10(11)12;2*1-6-7(2)10-4-8(6)3-9(10)5-11;1-5-6(2)8-3-7(5)4-9(8)10;1-6-7(2)9-4-3-8(6)5-9/h7-8,10-16H,4-6H2,1-3H3;7-15H,3-5H2,1-2H3;7-14H,3-6H2,1-2H3;7-10H,4-5H2,1-3H3;6-7,9-11H,4-5H2,1-3H3;5-9H,3-4H2,1-2H3,(H2,11,12);6-10H,3-4H2,1-2H3;6-11H,3-5H2,1-2H3;5-9H,3-4H2,1-2H3;6-9H,3-5H2,1-2H3. The molecule has 0 aromatic carbocycles. The lowest BCUT2D eigenvalue weighted by Gasteiger charge is -2.43. The highest BCUT2D eigenvalue weighted by Crippen LogP contribution is 2.75. The summed E-state index contributed by atoms with van der Waals surface area (Å²) in [7, 11) is 0. The van der Waals surface area contributed by atoms with Crippen molar-refractivity contribution in [2.45, 2.75) is 337 Å². The number of carbonyl (C=O) groups is 3. The van der Waals surface area contributed by atoms with Crippen molar-refractivity contribution in [2.24, 2.45) is 343 Å². The highest BCUT2D eigenvalue weighted by molar-refractivity contribution is 6.21. The maximum absolute atomic E-state index is 11.2. The number of esters is 2. The fraction of sp³-hybridized carbons (Fsp3) is 0.948. The zero-order valence-electron chi connectivity index (χ0n) is 83.7. The van der Waals surface area contributed by atoms with Crippen molar-refractivity contribution in [2.75, 3.05) is 6.61 Å². The molecule has 0 heterocycles. The van der Waals surface area contributed by atoms with E-state index in [1.165, 1.54) is 133 Å². The first kappa shape index (κ1) is 94.9. The lowest BCUT2D eigenvalue weighted by molar-refractivity contribution is -0.152. The number of aliphatic hydroxyl groups excluding tert-OH is 1. The molecule has 0 aliphatic heterocycles. The first-order valence-corrected chi connectivity index (χ1v) is 55.3. The Morgan fingerprint density at radius 2 is 0.659 bits per heavy atom. The number of alkyl halides is 1. The van der Waals surface area contributed by atoms with Gasteiger partial charge in [0.25, 0.3) is 0 Å². The summed E-state index contributed by atoms with van der Waals surface area (Å²) in [5.41, 5.74) is 5.36. The number of hydrogen-bond acceptors (Lipinski definition) is 9. The molecule has 60 unspecified atom stereocenters. The normalized spacial score (nSPS) is 58.3. The van der Waals surface area contributed by atoms with Crippen LogP contribution < -0.4 is 5.73 Å². The van der Waals surface area contributed by atoms with Crippen molar-refractivity contribution in [3.05, 3.63) is 0 Å². The zero-order valence-corrected chi connectivity index (χ0v) is 84.5. The van der Waals surface area contributed by atoms with Crippen LogP contribution in [0, 0.1) is 371 Å². The molecule has 1 amide bonds. The highest BCUT2D eigenvalue weighted by Gasteiger charge is 2.69. The molecule has 26 aliphatic rings. The molecule has 126 heavy (non-hydrogen) atoms. The van der Waals surface area contributed by atoms with Crippen LogP contribution >= 0.6 is 11.6 Å². The Labute approximate surface area is 774 Å². The largest absolute Gasteiger partial charge is 0.462 e. The summed E-state index contributed by atoms with van der Waals surface area (Å²) in [6, 6.07) is 7.56. The molecule has 0 saturated heterocycles. The van der Waals surface area contributed by atoms with Gasteiger partial charge in [-0.25, -0.2) is 0 Å². The molecule has 0 aromatic rings. The number of rotatable bonds is 4. The van der Waals surface area contributed by atoms with Gasteiger partial charge in [-0.2, -0.15) is 15.8 Å². The number of amides is 1. The molecular formula is C115H183ClN4O6. The SMILES string of the molecule is CC(=O)OC1CC2CC1C(C)C2C.CC(=O)OC1CC2CC1C1C3CC(C(C)C3C)C21.CC1C(C)C2CC1C1C3CC(C#N)C(C3)C21.CC1C(C)C2CC1C1C3CCC(C3)C21.CC1C2CC(C#N)C(C2)C1C.CC1C2CC(C(N)=O)C(C2)C1C.CC1C2CC(C1C)C(C)(C#N)C2.CC1C2CC(CO)C(C2)C1C.CC1C2CC(Cl)C(C2)C1C.CC1C2CCC(C2)C1C. The minimum absolute atomic E-state index is 0.0105. The van der Waals surface area contributed by atoms with E-state index in [-0.39, 0.29) is 41.4 Å². The zero-order chi connectivity index (χ0) is 90.2. The second kappa shape index (κ2) is 37.0. The van der Waals surface area contributed by atoms with Gasteiger partial charge in [-0.15, -0.1) is 11.6 Å². The van der Waals surface area contributed by atoms with E-state index in [0.717, 1.165) is 280 Å². The maximum atomic E-state index is 11.2. The summed E-state index contributed by atoms with van der Waals surface area (Å²) in [4.78, 5) is 33.1. The van der Waals surface area contributed by atoms with Gasteiger partial charge in [-0.3, -0.25) is 14.4 Å². The average molecular weight is 1750 g/mol. The van der Waals surface area contributed by atoms with Gasteiger partial charge in [0.1, 0.15) is 12.2 Å². The van der Waals surface area contributed by atoms with Gasteiger partial charge in [0, 0.05) is 43.6 Å². The van der Waals surface area contributed by atoms with Crippen LogP contribution in [0.2, 0.25) is 0 Å². The quantitative estimate of drug-likeness (QED) is 0.157. The van der Waals surface area contributed by atoms with Gasteiger partial charge < -0.3 is 20.3 Å². The number of nitriles is 3. The fourth-order valence-electron chi connectivity index (χ4n) is 41.2. The summed E-state index contributed by atoms with van der Waals surface area (Å²) in [6.45, 7) is 53.5. The van der Waals surface area contributed by atoms with Crippen LogP contribution in [0.1, 0.15) is 320 Å². The van der Waals surface area contributed by atoms with Gasteiger partial charge in [0.15, 0.2) is 0 Å². The Morgan fingerprint density at radius 3 is 1.05 bits per heavy atom. The maximum Gasteiger partial charge on any atom is 0.302 e. The van der Waals surface area contributed by atoms with Crippen LogP contribution in [-0.2, 0) is 23.9 Å².